The number of hydrogen-bond donors (Lipinski definition) is 2. The average Bonchev–Trinajstić information content (AvgIpc) is 2.76. The van der Waals surface area contributed by atoms with E-state index >= 15 is 0 Å². The Labute approximate surface area is 126 Å². The van der Waals surface area contributed by atoms with Crippen LogP contribution in [0.4, 0.5) is 10.5 Å². The first-order valence-electron chi connectivity index (χ1n) is 6.16. The van der Waals surface area contributed by atoms with Gasteiger partial charge in [0, 0.05) is 12.6 Å². The van der Waals surface area contributed by atoms with Gasteiger partial charge in [-0.2, -0.15) is 0 Å². The van der Waals surface area contributed by atoms with Gasteiger partial charge < -0.3 is 15.3 Å². The van der Waals surface area contributed by atoms with Crippen LogP contribution >= 0.6 is 23.2 Å². The summed E-state index contributed by atoms with van der Waals surface area (Å²) in [6.45, 7) is 2.12. The van der Waals surface area contributed by atoms with Crippen LogP contribution in [0.5, 0.6) is 0 Å². The zero-order valence-corrected chi connectivity index (χ0v) is 12.3. The molecule has 0 radical (unpaired) electrons. The van der Waals surface area contributed by atoms with E-state index in [0.717, 1.165) is 0 Å². The predicted molar refractivity (Wildman–Crippen MR) is 77.4 cm³/mol. The Morgan fingerprint density at radius 3 is 2.45 bits per heavy atom. The molecule has 0 bridgehead atoms. The third-order valence-electron chi connectivity index (χ3n) is 3.53. The summed E-state index contributed by atoms with van der Waals surface area (Å²) in [7, 11) is 0. The number of carbonyl (C=O) groups excluding carboxylic acids is 1. The van der Waals surface area contributed by atoms with Gasteiger partial charge in [-0.15, -0.1) is 0 Å². The highest BCUT2D eigenvalue weighted by molar-refractivity contribution is 6.39. The fourth-order valence-corrected chi connectivity index (χ4v) is 2.84. The molecule has 2 rings (SSSR count). The van der Waals surface area contributed by atoms with Gasteiger partial charge in [0.15, 0.2) is 0 Å². The van der Waals surface area contributed by atoms with Crippen LogP contribution in [0.3, 0.4) is 0 Å². The molecule has 0 aromatic heterocycles. The number of carbonyl (C=O) groups is 2. The van der Waals surface area contributed by atoms with Gasteiger partial charge in [0.05, 0.1) is 21.7 Å². The lowest BCUT2D eigenvalue weighted by molar-refractivity contribution is -0.142. The number of halogens is 2. The van der Waals surface area contributed by atoms with Crippen molar-refractivity contribution in [2.24, 2.45) is 5.92 Å². The van der Waals surface area contributed by atoms with E-state index in [4.69, 9.17) is 28.3 Å². The Hall–Kier alpha value is -1.46. The van der Waals surface area contributed by atoms with Crippen LogP contribution in [0.15, 0.2) is 18.2 Å². The first kappa shape index (κ1) is 14.9. The van der Waals surface area contributed by atoms with Crippen LogP contribution in [0.25, 0.3) is 0 Å². The molecule has 1 saturated heterocycles. The van der Waals surface area contributed by atoms with E-state index in [0.29, 0.717) is 28.7 Å². The second-order valence-electron chi connectivity index (χ2n) is 4.69. The lowest BCUT2D eigenvalue weighted by atomic mass is 10.0. The van der Waals surface area contributed by atoms with E-state index in [1.807, 2.05) is 0 Å². The van der Waals surface area contributed by atoms with Crippen LogP contribution in [-0.2, 0) is 4.79 Å². The van der Waals surface area contributed by atoms with E-state index in [1.165, 1.54) is 4.90 Å². The van der Waals surface area contributed by atoms with Gasteiger partial charge in [0.25, 0.3) is 0 Å². The molecule has 2 atom stereocenters. The highest BCUT2D eigenvalue weighted by atomic mass is 35.5. The molecule has 2 unspecified atom stereocenters. The third-order valence-corrected chi connectivity index (χ3v) is 4.16. The normalized spacial score (nSPS) is 21.9. The van der Waals surface area contributed by atoms with Crippen molar-refractivity contribution in [2.45, 2.75) is 19.4 Å². The Balaban J connectivity index is 2.12. The number of likely N-dealkylation sites (tertiary alicyclic amines) is 1. The molecule has 1 aromatic rings. The van der Waals surface area contributed by atoms with E-state index < -0.39 is 17.9 Å². The Kier molecular flexibility index (Phi) is 4.40. The summed E-state index contributed by atoms with van der Waals surface area (Å²) in [5, 5.41) is 12.4. The summed E-state index contributed by atoms with van der Waals surface area (Å²) in [5.74, 6) is -1.42. The summed E-state index contributed by atoms with van der Waals surface area (Å²) >= 11 is 12.0. The van der Waals surface area contributed by atoms with Crippen LogP contribution in [0, 0.1) is 5.92 Å². The largest absolute Gasteiger partial charge is 0.481 e. The molecule has 108 valence electrons. The van der Waals surface area contributed by atoms with Crippen molar-refractivity contribution in [1.82, 2.24) is 4.90 Å². The minimum atomic E-state index is -0.886. The summed E-state index contributed by atoms with van der Waals surface area (Å²) in [5.41, 5.74) is 0.340. The topological polar surface area (TPSA) is 69.6 Å². The number of nitrogens with one attached hydrogen (secondary N) is 1. The Bertz CT molecular complexity index is 530. The molecule has 2 N–H and O–H groups in total. The van der Waals surface area contributed by atoms with Gasteiger partial charge in [-0.05, 0) is 25.5 Å². The number of aliphatic carboxylic acids is 1. The number of para-hydroxylation sites is 1. The summed E-state index contributed by atoms with van der Waals surface area (Å²) < 4.78 is 0. The molecule has 1 aromatic carbocycles. The smallest absolute Gasteiger partial charge is 0.322 e. The first-order valence-corrected chi connectivity index (χ1v) is 6.92. The minimum Gasteiger partial charge on any atom is -0.481 e. The molecule has 0 saturated carbocycles. The number of rotatable bonds is 2. The molecule has 7 heteroatoms. The summed E-state index contributed by atoms with van der Waals surface area (Å²) in [4.78, 5) is 24.7. The number of carboxylic acids is 1. The SMILES string of the molecule is CC1C(C(=O)O)CCN1C(=O)Nc1c(Cl)cccc1Cl. The monoisotopic (exact) mass is 316 g/mol. The van der Waals surface area contributed by atoms with Crippen molar-refractivity contribution >= 4 is 40.9 Å². The molecule has 5 nitrogen and oxygen atoms in total. The number of urea groups is 1. The number of nitrogens with zero attached hydrogens (tertiary/aromatic N) is 1. The fraction of sp³-hybridized carbons (Fsp3) is 0.385. The van der Waals surface area contributed by atoms with Gasteiger partial charge in [-0.25, -0.2) is 4.79 Å². The number of benzene rings is 1. The Morgan fingerprint density at radius 1 is 1.35 bits per heavy atom. The molecule has 20 heavy (non-hydrogen) atoms. The van der Waals surface area contributed by atoms with Crippen LogP contribution < -0.4 is 5.32 Å². The molecule has 1 aliphatic rings. The second-order valence-corrected chi connectivity index (χ2v) is 5.51. The highest BCUT2D eigenvalue weighted by Crippen LogP contribution is 2.31. The minimum absolute atomic E-state index is 0.340. The fourth-order valence-electron chi connectivity index (χ4n) is 2.35. The van der Waals surface area contributed by atoms with Gasteiger partial charge in [0.1, 0.15) is 0 Å². The summed E-state index contributed by atoms with van der Waals surface area (Å²) in [6.07, 6.45) is 0.445. The van der Waals surface area contributed by atoms with Gasteiger partial charge in [-0.1, -0.05) is 29.3 Å². The van der Waals surface area contributed by atoms with E-state index in [1.54, 1.807) is 25.1 Å². The molecule has 1 aliphatic heterocycles. The van der Waals surface area contributed by atoms with Crippen LogP contribution in [0.2, 0.25) is 10.0 Å². The summed E-state index contributed by atoms with van der Waals surface area (Å²) in [6, 6.07) is 4.16. The second kappa shape index (κ2) is 5.89. The maximum atomic E-state index is 12.2. The predicted octanol–water partition coefficient (Wildman–Crippen LogP) is 3.32. The zero-order valence-electron chi connectivity index (χ0n) is 10.8. The van der Waals surface area contributed by atoms with Crippen molar-refractivity contribution in [1.29, 1.82) is 0 Å². The maximum Gasteiger partial charge on any atom is 0.322 e. The van der Waals surface area contributed by atoms with E-state index in [9.17, 15) is 9.59 Å². The quantitative estimate of drug-likeness (QED) is 0.879. The van der Waals surface area contributed by atoms with Gasteiger partial charge >= 0.3 is 12.0 Å². The van der Waals surface area contributed by atoms with Crippen molar-refractivity contribution < 1.29 is 14.7 Å². The first-order chi connectivity index (χ1) is 9.41. The molecule has 0 spiro atoms. The molecule has 0 aliphatic carbocycles. The Morgan fingerprint density at radius 2 is 1.95 bits per heavy atom. The number of amides is 2. The van der Waals surface area contributed by atoms with Crippen LogP contribution in [-0.4, -0.2) is 34.6 Å². The number of carboxylic acid groups (broad SMARTS) is 1. The van der Waals surface area contributed by atoms with E-state index in [2.05, 4.69) is 5.32 Å². The maximum absolute atomic E-state index is 12.2. The van der Waals surface area contributed by atoms with Crippen molar-refractivity contribution in [3.8, 4) is 0 Å². The standard InChI is InChI=1S/C13H14Cl2N2O3/c1-7-8(12(18)19)5-6-17(7)13(20)16-11-9(14)3-2-4-10(11)15/h2-4,7-8H,5-6H2,1H3,(H,16,20)(H,18,19). The molecule has 2 amide bonds. The molecule has 1 fully saturated rings. The molecule has 1 heterocycles. The van der Waals surface area contributed by atoms with Gasteiger partial charge in [-0.3, -0.25) is 4.79 Å². The number of hydrogen-bond acceptors (Lipinski definition) is 2. The van der Waals surface area contributed by atoms with Crippen molar-refractivity contribution in [2.75, 3.05) is 11.9 Å². The van der Waals surface area contributed by atoms with E-state index in [-0.39, 0.29) is 6.04 Å². The van der Waals surface area contributed by atoms with Crippen molar-refractivity contribution in [3.63, 3.8) is 0 Å². The van der Waals surface area contributed by atoms with Crippen LogP contribution in [0.1, 0.15) is 13.3 Å². The number of anilines is 1. The lowest BCUT2D eigenvalue weighted by Gasteiger charge is -2.24. The lowest BCUT2D eigenvalue weighted by Crippen LogP contribution is -2.40. The van der Waals surface area contributed by atoms with Gasteiger partial charge in [0.2, 0.25) is 0 Å². The zero-order chi connectivity index (χ0) is 14.9. The highest BCUT2D eigenvalue weighted by Gasteiger charge is 2.38. The molecular weight excluding hydrogens is 303 g/mol. The third kappa shape index (κ3) is 2.83. The van der Waals surface area contributed by atoms with Crippen molar-refractivity contribution in [3.05, 3.63) is 28.2 Å². The molecular formula is C13H14Cl2N2O3. The average molecular weight is 317 g/mol.